The molecule has 0 atom stereocenters. The van der Waals surface area contributed by atoms with Crippen molar-refractivity contribution in [3.05, 3.63) is 66.5 Å². The molecule has 12 nitrogen and oxygen atoms in total. The molecule has 2 amide bonds. The normalized spacial score (nSPS) is 15.4. The van der Waals surface area contributed by atoms with Crippen LogP contribution in [0.3, 0.4) is 0 Å². The summed E-state index contributed by atoms with van der Waals surface area (Å²) in [6.07, 6.45) is 9.36. The van der Waals surface area contributed by atoms with Gasteiger partial charge in [0.1, 0.15) is 16.9 Å². The van der Waals surface area contributed by atoms with Gasteiger partial charge in [-0.15, -0.1) is 0 Å². The van der Waals surface area contributed by atoms with Gasteiger partial charge in [0, 0.05) is 31.6 Å². The molecule has 4 heterocycles. The molecule has 3 aromatic heterocycles. The van der Waals surface area contributed by atoms with E-state index < -0.39 is 17.6 Å². The molecule has 4 N–H and O–H groups in total. The molecular weight excluding hydrogens is 512 g/mol. The fourth-order valence-corrected chi connectivity index (χ4v) is 4.21. The highest BCUT2D eigenvalue weighted by atomic mass is 16.6. The molecule has 0 saturated heterocycles. The van der Waals surface area contributed by atoms with Crippen molar-refractivity contribution in [3.8, 4) is 0 Å². The molecule has 0 bridgehead atoms. The lowest BCUT2D eigenvalue weighted by molar-refractivity contribution is 0.0589. The third-order valence-electron chi connectivity index (χ3n) is 6.50. The van der Waals surface area contributed by atoms with Gasteiger partial charge < -0.3 is 25.6 Å². The fraction of sp³-hybridized carbons (Fsp3) is 0.321. The van der Waals surface area contributed by atoms with Gasteiger partial charge in [0.05, 0.1) is 22.8 Å². The Morgan fingerprint density at radius 3 is 2.73 bits per heavy atom. The molecule has 0 unspecified atom stereocenters. The number of hydrogen-bond acceptors (Lipinski definition) is 10. The Morgan fingerprint density at radius 1 is 1.27 bits per heavy atom. The molecule has 1 saturated carbocycles. The Labute approximate surface area is 231 Å². The summed E-state index contributed by atoms with van der Waals surface area (Å²) < 4.78 is 11.0. The van der Waals surface area contributed by atoms with E-state index in [-0.39, 0.29) is 22.8 Å². The van der Waals surface area contributed by atoms with Gasteiger partial charge in [0.25, 0.3) is 5.91 Å². The van der Waals surface area contributed by atoms with E-state index in [0.29, 0.717) is 34.4 Å². The first-order valence-electron chi connectivity index (χ1n) is 12.9. The van der Waals surface area contributed by atoms with Crippen molar-refractivity contribution < 1.29 is 18.8 Å². The van der Waals surface area contributed by atoms with Crippen molar-refractivity contribution in [3.63, 3.8) is 0 Å². The number of rotatable bonds is 6. The van der Waals surface area contributed by atoms with Gasteiger partial charge in [-0.3, -0.25) is 14.6 Å². The first kappa shape index (κ1) is 26.7. The molecule has 1 aliphatic heterocycles. The van der Waals surface area contributed by atoms with Gasteiger partial charge in [-0.2, -0.15) is 0 Å². The van der Waals surface area contributed by atoms with E-state index >= 15 is 0 Å². The second-order valence-electron chi connectivity index (χ2n) is 10.7. The number of fused-ring (bicyclic) bond motifs is 1. The summed E-state index contributed by atoms with van der Waals surface area (Å²) in [5.41, 5.74) is 7.87. The van der Waals surface area contributed by atoms with Crippen LogP contribution in [0.4, 0.5) is 27.8 Å². The lowest BCUT2D eigenvalue weighted by Crippen LogP contribution is -2.39. The lowest BCUT2D eigenvalue weighted by Gasteiger charge is -2.28. The van der Waals surface area contributed by atoms with Crippen molar-refractivity contribution >= 4 is 46.0 Å². The Balaban J connectivity index is 1.51. The number of amides is 2. The zero-order valence-electron chi connectivity index (χ0n) is 22.9. The van der Waals surface area contributed by atoms with Crippen molar-refractivity contribution in [2.45, 2.75) is 51.7 Å². The molecule has 40 heavy (non-hydrogen) atoms. The number of aromatic nitrogens is 3. The van der Waals surface area contributed by atoms with Gasteiger partial charge in [-0.25, -0.2) is 14.8 Å². The number of allylic oxidation sites excluding steroid dienone is 2. The SMILES string of the molecule is C=C1C(Nc2cc(N(C)C(=O)OC(C)(C)C)c3noc(C(=O)NC4CCC4)c3n2)=CC=CN1c1ncccc1N. The highest BCUT2D eigenvalue weighted by Crippen LogP contribution is 2.34. The number of pyridine rings is 2. The van der Waals surface area contributed by atoms with Crippen LogP contribution in [-0.2, 0) is 4.74 Å². The summed E-state index contributed by atoms with van der Waals surface area (Å²) in [5.74, 6) is 0.404. The number of anilines is 4. The number of ether oxygens (including phenoxy) is 1. The summed E-state index contributed by atoms with van der Waals surface area (Å²) in [6, 6.07) is 5.23. The van der Waals surface area contributed by atoms with Crippen LogP contribution < -0.4 is 26.2 Å². The van der Waals surface area contributed by atoms with Gasteiger partial charge >= 0.3 is 6.09 Å². The zero-order chi connectivity index (χ0) is 28.6. The fourth-order valence-electron chi connectivity index (χ4n) is 4.21. The summed E-state index contributed by atoms with van der Waals surface area (Å²) in [4.78, 5) is 38.1. The Morgan fingerprint density at radius 2 is 2.05 bits per heavy atom. The molecular formula is C28H32N8O4. The van der Waals surface area contributed by atoms with E-state index in [1.165, 1.54) is 4.90 Å². The molecule has 2 aliphatic rings. The van der Waals surface area contributed by atoms with Gasteiger partial charge in [-0.1, -0.05) is 11.7 Å². The van der Waals surface area contributed by atoms with Gasteiger partial charge in [0.15, 0.2) is 11.3 Å². The van der Waals surface area contributed by atoms with E-state index in [1.54, 1.807) is 63.3 Å². The van der Waals surface area contributed by atoms with Crippen LogP contribution in [-0.4, -0.2) is 45.8 Å². The molecule has 1 fully saturated rings. The average molecular weight is 545 g/mol. The van der Waals surface area contributed by atoms with Crippen molar-refractivity contribution in [2.24, 2.45) is 0 Å². The third-order valence-corrected chi connectivity index (χ3v) is 6.50. The molecule has 5 rings (SSSR count). The monoisotopic (exact) mass is 544 g/mol. The largest absolute Gasteiger partial charge is 0.443 e. The molecule has 1 aliphatic carbocycles. The van der Waals surface area contributed by atoms with Gasteiger partial charge in [-0.05, 0) is 64.3 Å². The van der Waals surface area contributed by atoms with Crippen LogP contribution in [0.25, 0.3) is 11.0 Å². The first-order valence-corrected chi connectivity index (χ1v) is 12.9. The van der Waals surface area contributed by atoms with Crippen LogP contribution in [0, 0.1) is 0 Å². The summed E-state index contributed by atoms with van der Waals surface area (Å²) in [6.45, 7) is 9.54. The Kier molecular flexibility index (Phi) is 6.92. The number of hydrogen-bond donors (Lipinski definition) is 3. The maximum atomic E-state index is 13.0. The molecule has 0 aromatic carbocycles. The molecule has 0 spiro atoms. The van der Waals surface area contributed by atoms with Crippen molar-refractivity contribution in [2.75, 3.05) is 27.9 Å². The average Bonchev–Trinajstić information content (AvgIpc) is 3.30. The maximum absolute atomic E-state index is 13.0. The summed E-state index contributed by atoms with van der Waals surface area (Å²) in [5, 5.41) is 10.3. The predicted molar refractivity (Wildman–Crippen MR) is 153 cm³/mol. The van der Waals surface area contributed by atoms with Crippen molar-refractivity contribution in [1.29, 1.82) is 0 Å². The lowest BCUT2D eigenvalue weighted by atomic mass is 9.93. The molecule has 0 radical (unpaired) electrons. The minimum absolute atomic E-state index is 0.0383. The Bertz CT molecular complexity index is 1550. The number of nitrogens with one attached hydrogen (secondary N) is 2. The minimum Gasteiger partial charge on any atom is -0.443 e. The maximum Gasteiger partial charge on any atom is 0.414 e. The van der Waals surface area contributed by atoms with Crippen molar-refractivity contribution in [1.82, 2.24) is 20.4 Å². The van der Waals surface area contributed by atoms with Crippen LogP contribution in [0.15, 0.2) is 65.2 Å². The second-order valence-corrected chi connectivity index (χ2v) is 10.7. The van der Waals surface area contributed by atoms with E-state index in [4.69, 9.17) is 15.0 Å². The molecule has 208 valence electrons. The first-order chi connectivity index (χ1) is 19.0. The summed E-state index contributed by atoms with van der Waals surface area (Å²) in [7, 11) is 1.56. The van der Waals surface area contributed by atoms with E-state index in [0.717, 1.165) is 19.3 Å². The number of nitrogens with two attached hydrogens (primary N) is 1. The van der Waals surface area contributed by atoms with Crippen LogP contribution in [0.2, 0.25) is 0 Å². The highest BCUT2D eigenvalue weighted by molar-refractivity contribution is 6.07. The Hall–Kier alpha value is -4.87. The molecule has 3 aromatic rings. The van der Waals surface area contributed by atoms with Crippen LogP contribution in [0.1, 0.15) is 50.6 Å². The van der Waals surface area contributed by atoms with E-state index in [2.05, 4.69) is 32.3 Å². The third kappa shape index (κ3) is 5.33. The number of nitrogen functional groups attached to an aromatic ring is 1. The topological polar surface area (TPSA) is 152 Å². The van der Waals surface area contributed by atoms with Gasteiger partial charge in [0.2, 0.25) is 5.76 Å². The van der Waals surface area contributed by atoms with E-state index in [1.807, 2.05) is 12.2 Å². The predicted octanol–water partition coefficient (Wildman–Crippen LogP) is 4.70. The quantitative estimate of drug-likeness (QED) is 0.398. The second kappa shape index (κ2) is 10.4. The van der Waals surface area contributed by atoms with E-state index in [9.17, 15) is 9.59 Å². The standard InChI is InChI=1S/C28H32N8O4/c1-16-19(12-8-14-36(16)25-18(29)11-7-13-30-25)32-21-15-20(35(5)27(38)39-28(2,3)4)22-23(33-21)24(40-34-22)26(37)31-17-9-6-10-17/h7-8,11-15,17H,1,6,9-10,29H2,2-5H3,(H,31,37)(H,32,33). The number of carbonyl (C=O) groups is 2. The smallest absolute Gasteiger partial charge is 0.414 e. The number of carbonyl (C=O) groups excluding carboxylic acids is 2. The zero-order valence-corrected chi connectivity index (χ0v) is 22.9. The highest BCUT2D eigenvalue weighted by Gasteiger charge is 2.29. The number of nitrogens with zero attached hydrogens (tertiary/aromatic N) is 5. The summed E-state index contributed by atoms with van der Waals surface area (Å²) >= 11 is 0. The van der Waals surface area contributed by atoms with Crippen LogP contribution >= 0.6 is 0 Å². The molecule has 12 heteroatoms. The van der Waals surface area contributed by atoms with Crippen LogP contribution in [0.5, 0.6) is 0 Å². The minimum atomic E-state index is -0.718.